The second-order valence-electron chi connectivity index (χ2n) is 5.41. The minimum absolute atomic E-state index is 0.284. The van der Waals surface area contributed by atoms with Crippen molar-refractivity contribution in [2.45, 2.75) is 40.5 Å². The van der Waals surface area contributed by atoms with Crippen LogP contribution in [0.3, 0.4) is 0 Å². The van der Waals surface area contributed by atoms with Crippen molar-refractivity contribution in [3.8, 4) is 0 Å². The summed E-state index contributed by atoms with van der Waals surface area (Å²) >= 11 is 3.40. The van der Waals surface area contributed by atoms with E-state index < -0.39 is 0 Å². The summed E-state index contributed by atoms with van der Waals surface area (Å²) in [6.07, 6.45) is 3.83. The zero-order chi connectivity index (χ0) is 12.5. The molecule has 1 aliphatic carbocycles. The molecule has 1 rings (SSSR count). The molecule has 0 fully saturated rings. The summed E-state index contributed by atoms with van der Waals surface area (Å²) < 4.78 is 0.920. The maximum atomic E-state index is 12.4. The molecule has 0 amide bonds. The summed E-state index contributed by atoms with van der Waals surface area (Å²) in [4.78, 5) is 12.4. The number of hydrogen-bond acceptors (Lipinski definition) is 1. The van der Waals surface area contributed by atoms with E-state index in [1.54, 1.807) is 0 Å². The summed E-state index contributed by atoms with van der Waals surface area (Å²) in [6, 6.07) is 0. The molecule has 0 bridgehead atoms. The van der Waals surface area contributed by atoms with Crippen LogP contribution < -0.4 is 0 Å². The topological polar surface area (TPSA) is 17.1 Å². The van der Waals surface area contributed by atoms with E-state index in [4.69, 9.17) is 0 Å². The largest absolute Gasteiger partial charge is 0.294 e. The van der Waals surface area contributed by atoms with Crippen molar-refractivity contribution in [1.29, 1.82) is 0 Å². The highest BCUT2D eigenvalue weighted by atomic mass is 79.9. The van der Waals surface area contributed by atoms with E-state index in [2.05, 4.69) is 49.4 Å². The van der Waals surface area contributed by atoms with Gasteiger partial charge in [-0.15, -0.1) is 0 Å². The summed E-state index contributed by atoms with van der Waals surface area (Å²) in [6.45, 7) is 12.3. The van der Waals surface area contributed by atoms with Gasteiger partial charge in [-0.1, -0.05) is 49.4 Å². The molecule has 0 N–H and O–H groups in total. The second-order valence-corrected chi connectivity index (χ2v) is 6.54. The van der Waals surface area contributed by atoms with Crippen molar-refractivity contribution in [3.05, 3.63) is 22.7 Å². The van der Waals surface area contributed by atoms with Gasteiger partial charge in [0.1, 0.15) is 0 Å². The molecule has 0 unspecified atom stereocenters. The normalized spacial score (nSPS) is 30.5. The van der Waals surface area contributed by atoms with Crippen LogP contribution in [-0.4, -0.2) is 5.78 Å². The lowest BCUT2D eigenvalue weighted by Gasteiger charge is -2.41. The molecule has 2 atom stereocenters. The SMILES string of the molecule is C=C(Br)C[C@]1(C)C(=O)C(C)=CC[C@H]1C(C)C. The molecular formula is C14H21BrO. The summed E-state index contributed by atoms with van der Waals surface area (Å²) in [5.41, 5.74) is 0.626. The summed E-state index contributed by atoms with van der Waals surface area (Å²) in [5.74, 6) is 1.22. The predicted molar refractivity (Wildman–Crippen MR) is 72.5 cm³/mol. The number of halogens is 1. The van der Waals surface area contributed by atoms with Crippen molar-refractivity contribution in [1.82, 2.24) is 0 Å². The van der Waals surface area contributed by atoms with Gasteiger partial charge < -0.3 is 0 Å². The smallest absolute Gasteiger partial charge is 0.164 e. The van der Waals surface area contributed by atoms with Crippen LogP contribution in [0.1, 0.15) is 40.5 Å². The van der Waals surface area contributed by atoms with Gasteiger partial charge in [0, 0.05) is 5.41 Å². The quantitative estimate of drug-likeness (QED) is 0.747. The van der Waals surface area contributed by atoms with E-state index >= 15 is 0 Å². The first-order valence-corrected chi connectivity index (χ1v) is 6.63. The van der Waals surface area contributed by atoms with Gasteiger partial charge in [-0.05, 0) is 41.7 Å². The van der Waals surface area contributed by atoms with Crippen LogP contribution in [-0.2, 0) is 4.79 Å². The fraction of sp³-hybridized carbons (Fsp3) is 0.643. The molecule has 0 saturated carbocycles. The van der Waals surface area contributed by atoms with Crippen LogP contribution >= 0.6 is 15.9 Å². The van der Waals surface area contributed by atoms with Gasteiger partial charge in [0.25, 0.3) is 0 Å². The molecule has 0 aromatic carbocycles. The van der Waals surface area contributed by atoms with E-state index in [0.717, 1.165) is 22.9 Å². The standard InChI is InChI=1S/C14H21BrO/c1-9(2)12-7-6-10(3)13(16)14(12,5)8-11(4)15/h6,9,12H,4,7-8H2,1-3,5H3/t12-,14-/m0/s1. The van der Waals surface area contributed by atoms with Crippen LogP contribution in [0.15, 0.2) is 22.7 Å². The number of carbonyl (C=O) groups excluding carboxylic acids is 1. The fourth-order valence-corrected chi connectivity index (χ4v) is 3.48. The monoisotopic (exact) mass is 284 g/mol. The maximum absolute atomic E-state index is 12.4. The lowest BCUT2D eigenvalue weighted by atomic mass is 9.61. The Morgan fingerprint density at radius 1 is 1.69 bits per heavy atom. The third-order valence-corrected chi connectivity index (χ3v) is 4.02. The molecule has 1 aliphatic rings. The van der Waals surface area contributed by atoms with E-state index in [0.29, 0.717) is 11.8 Å². The number of Topliss-reactive ketones (excluding diaryl/α,β-unsaturated/α-hetero) is 1. The molecule has 2 heteroatoms. The van der Waals surface area contributed by atoms with Crippen molar-refractivity contribution in [2.75, 3.05) is 0 Å². The van der Waals surface area contributed by atoms with Gasteiger partial charge in [0.15, 0.2) is 5.78 Å². The first kappa shape index (κ1) is 13.7. The predicted octanol–water partition coefficient (Wildman–Crippen LogP) is 4.48. The van der Waals surface area contributed by atoms with Gasteiger partial charge in [-0.25, -0.2) is 0 Å². The van der Waals surface area contributed by atoms with Crippen molar-refractivity contribution in [3.63, 3.8) is 0 Å². The number of rotatable bonds is 3. The van der Waals surface area contributed by atoms with Crippen molar-refractivity contribution < 1.29 is 4.79 Å². The molecule has 0 aliphatic heterocycles. The molecule has 90 valence electrons. The Morgan fingerprint density at radius 3 is 2.69 bits per heavy atom. The first-order valence-electron chi connectivity index (χ1n) is 5.84. The number of carbonyl (C=O) groups is 1. The van der Waals surface area contributed by atoms with Crippen LogP contribution in [0.25, 0.3) is 0 Å². The average Bonchev–Trinajstić information content (AvgIpc) is 2.12. The molecule has 0 saturated heterocycles. The van der Waals surface area contributed by atoms with Gasteiger partial charge in [-0.3, -0.25) is 4.79 Å². The van der Waals surface area contributed by atoms with E-state index in [1.165, 1.54) is 0 Å². The molecule has 0 aromatic rings. The molecule has 0 heterocycles. The average molecular weight is 285 g/mol. The lowest BCUT2D eigenvalue weighted by Crippen LogP contribution is -2.41. The Kier molecular flexibility index (Phi) is 4.17. The Bertz CT molecular complexity index is 341. The molecule has 0 aromatic heterocycles. The van der Waals surface area contributed by atoms with Gasteiger partial charge >= 0.3 is 0 Å². The van der Waals surface area contributed by atoms with Crippen LogP contribution in [0, 0.1) is 17.3 Å². The molecule has 1 nitrogen and oxygen atoms in total. The van der Waals surface area contributed by atoms with Crippen LogP contribution in [0.5, 0.6) is 0 Å². The highest BCUT2D eigenvalue weighted by Gasteiger charge is 2.44. The minimum atomic E-state index is -0.284. The highest BCUT2D eigenvalue weighted by Crippen LogP contribution is 2.46. The second kappa shape index (κ2) is 4.87. The first-order chi connectivity index (χ1) is 7.29. The lowest BCUT2D eigenvalue weighted by molar-refractivity contribution is -0.128. The molecule has 16 heavy (non-hydrogen) atoms. The Morgan fingerprint density at radius 2 is 2.25 bits per heavy atom. The molecular weight excluding hydrogens is 264 g/mol. The maximum Gasteiger partial charge on any atom is 0.164 e. The summed E-state index contributed by atoms with van der Waals surface area (Å²) in [5, 5.41) is 0. The highest BCUT2D eigenvalue weighted by molar-refractivity contribution is 9.11. The van der Waals surface area contributed by atoms with Gasteiger partial charge in [0.05, 0.1) is 0 Å². The Balaban J connectivity index is 3.11. The van der Waals surface area contributed by atoms with Crippen molar-refractivity contribution in [2.24, 2.45) is 17.3 Å². The third-order valence-electron chi connectivity index (χ3n) is 3.74. The number of allylic oxidation sites excluding steroid dienone is 3. The zero-order valence-electron chi connectivity index (χ0n) is 10.6. The molecule has 0 spiro atoms. The summed E-state index contributed by atoms with van der Waals surface area (Å²) in [7, 11) is 0. The van der Waals surface area contributed by atoms with Gasteiger partial charge in [0.2, 0.25) is 0 Å². The van der Waals surface area contributed by atoms with Crippen LogP contribution in [0.4, 0.5) is 0 Å². The third kappa shape index (κ3) is 2.48. The Labute approximate surface area is 107 Å². The number of hydrogen-bond donors (Lipinski definition) is 0. The molecule has 0 radical (unpaired) electrons. The van der Waals surface area contributed by atoms with E-state index in [-0.39, 0.29) is 11.2 Å². The van der Waals surface area contributed by atoms with Crippen LogP contribution in [0.2, 0.25) is 0 Å². The van der Waals surface area contributed by atoms with E-state index in [9.17, 15) is 4.79 Å². The zero-order valence-corrected chi connectivity index (χ0v) is 12.2. The van der Waals surface area contributed by atoms with Crippen molar-refractivity contribution >= 4 is 21.7 Å². The minimum Gasteiger partial charge on any atom is -0.294 e. The Hall–Kier alpha value is -0.370. The fourth-order valence-electron chi connectivity index (χ4n) is 2.89. The van der Waals surface area contributed by atoms with Gasteiger partial charge in [-0.2, -0.15) is 0 Å². The van der Waals surface area contributed by atoms with E-state index in [1.807, 2.05) is 6.92 Å². The number of ketones is 1.